The third-order valence-electron chi connectivity index (χ3n) is 4.63. The van der Waals surface area contributed by atoms with Crippen LogP contribution in [0.3, 0.4) is 0 Å². The minimum Gasteiger partial charge on any atom is -0.380 e. The lowest BCUT2D eigenvalue weighted by atomic mass is 9.86. The van der Waals surface area contributed by atoms with Crippen molar-refractivity contribution in [3.63, 3.8) is 0 Å². The van der Waals surface area contributed by atoms with Crippen molar-refractivity contribution in [2.75, 3.05) is 11.9 Å². The second-order valence-electron chi connectivity index (χ2n) is 6.55. The van der Waals surface area contributed by atoms with E-state index in [1.54, 1.807) is 6.07 Å². The van der Waals surface area contributed by atoms with Crippen LogP contribution in [0, 0.1) is 11.7 Å². The smallest absolute Gasteiger partial charge is 0.241 e. The van der Waals surface area contributed by atoms with E-state index in [0.717, 1.165) is 6.42 Å². The van der Waals surface area contributed by atoms with Gasteiger partial charge in [0.15, 0.2) is 5.82 Å². The van der Waals surface area contributed by atoms with E-state index in [1.165, 1.54) is 44.2 Å². The first-order valence-electron chi connectivity index (χ1n) is 8.74. The molecule has 2 rings (SSSR count). The van der Waals surface area contributed by atoms with E-state index >= 15 is 0 Å². The zero-order chi connectivity index (χ0) is 18.2. The first kappa shape index (κ1) is 19.5. The quantitative estimate of drug-likeness (QED) is 0.657. The molecular weight excluding hydrogens is 345 g/mol. The molecule has 5 nitrogen and oxygen atoms in total. The maximum Gasteiger partial charge on any atom is 0.241 e. The molecule has 1 aromatic rings. The van der Waals surface area contributed by atoms with Crippen LogP contribution in [0.1, 0.15) is 44.9 Å². The molecule has 0 saturated heterocycles. The molecule has 1 aliphatic rings. The Bertz CT molecular complexity index is 606. The van der Waals surface area contributed by atoms with E-state index in [0.29, 0.717) is 12.3 Å². The van der Waals surface area contributed by atoms with Gasteiger partial charge in [-0.25, -0.2) is 4.39 Å². The second kappa shape index (κ2) is 9.61. The fourth-order valence-corrected chi connectivity index (χ4v) is 3.33. The van der Waals surface area contributed by atoms with Gasteiger partial charge >= 0.3 is 0 Å². The van der Waals surface area contributed by atoms with Gasteiger partial charge in [0.2, 0.25) is 11.8 Å². The number of nitrogens with two attached hydrogens (primary N) is 1. The van der Waals surface area contributed by atoms with Crippen molar-refractivity contribution in [1.82, 2.24) is 5.32 Å². The molecule has 1 aromatic carbocycles. The average molecular weight is 370 g/mol. The topological polar surface area (TPSA) is 84.2 Å². The van der Waals surface area contributed by atoms with Gasteiger partial charge in [0, 0.05) is 13.0 Å². The van der Waals surface area contributed by atoms with E-state index in [2.05, 4.69) is 10.6 Å². The molecule has 0 heterocycles. The Hall–Kier alpha value is -1.82. The molecule has 1 fully saturated rings. The Balaban J connectivity index is 1.82. The van der Waals surface area contributed by atoms with Crippen LogP contribution in [0.2, 0.25) is 5.02 Å². The maximum atomic E-state index is 13.8. The van der Waals surface area contributed by atoms with Crippen molar-refractivity contribution < 1.29 is 14.0 Å². The third-order valence-corrected chi connectivity index (χ3v) is 4.92. The Morgan fingerprint density at radius 2 is 2.00 bits per heavy atom. The highest BCUT2D eigenvalue weighted by molar-refractivity contribution is 6.31. The van der Waals surface area contributed by atoms with Crippen molar-refractivity contribution in [2.24, 2.45) is 11.7 Å². The molecule has 0 aliphatic heterocycles. The lowest BCUT2D eigenvalue weighted by molar-refractivity contribution is -0.127. The molecular formula is C18H25ClFN3O2. The van der Waals surface area contributed by atoms with Crippen LogP contribution in [0.4, 0.5) is 10.1 Å². The Morgan fingerprint density at radius 1 is 1.28 bits per heavy atom. The molecule has 7 heteroatoms. The van der Waals surface area contributed by atoms with Crippen LogP contribution in [0.15, 0.2) is 18.2 Å². The Morgan fingerprint density at radius 3 is 2.68 bits per heavy atom. The number of anilines is 1. The highest BCUT2D eigenvalue weighted by atomic mass is 35.5. The summed E-state index contributed by atoms with van der Waals surface area (Å²) >= 11 is 5.71. The summed E-state index contributed by atoms with van der Waals surface area (Å²) in [5.74, 6) is -0.884. The van der Waals surface area contributed by atoms with Crippen molar-refractivity contribution in [2.45, 2.75) is 51.0 Å². The number of primary amides is 1. The molecule has 1 atom stereocenters. The van der Waals surface area contributed by atoms with Crippen molar-refractivity contribution in [3.05, 3.63) is 29.0 Å². The summed E-state index contributed by atoms with van der Waals surface area (Å²) in [6.45, 7) is 0.00175. The molecule has 0 unspecified atom stereocenters. The van der Waals surface area contributed by atoms with E-state index in [4.69, 9.17) is 17.3 Å². The molecule has 2 amide bonds. The minimum atomic E-state index is -0.905. The number of carbonyl (C=O) groups is 2. The van der Waals surface area contributed by atoms with Crippen molar-refractivity contribution >= 4 is 29.1 Å². The molecule has 25 heavy (non-hydrogen) atoms. The number of nitrogens with one attached hydrogen (secondary N) is 2. The third kappa shape index (κ3) is 6.20. The predicted molar refractivity (Wildman–Crippen MR) is 96.8 cm³/mol. The molecule has 138 valence electrons. The molecule has 0 spiro atoms. The normalized spacial score (nSPS) is 16.2. The fraction of sp³-hybridized carbons (Fsp3) is 0.556. The number of halogens is 2. The van der Waals surface area contributed by atoms with Gasteiger partial charge in [-0.05, 0) is 24.5 Å². The molecule has 4 N–H and O–H groups in total. The van der Waals surface area contributed by atoms with E-state index < -0.39 is 17.8 Å². The standard InChI is InChI=1S/C18H25ClFN3O2/c19-13-7-4-8-14(17(13)20)22-11-15(18(21)25)23-16(24)10-9-12-5-2-1-3-6-12/h4,7-8,12,15,22H,1-3,5-6,9-11H2,(H2,21,25)(H,23,24)/t15-/m0/s1. The van der Waals surface area contributed by atoms with E-state index in [9.17, 15) is 14.0 Å². The molecule has 0 bridgehead atoms. The van der Waals surface area contributed by atoms with Crippen LogP contribution < -0.4 is 16.4 Å². The van der Waals surface area contributed by atoms with Crippen molar-refractivity contribution in [1.29, 1.82) is 0 Å². The summed E-state index contributed by atoms with van der Waals surface area (Å²) in [5.41, 5.74) is 5.50. The highest BCUT2D eigenvalue weighted by Crippen LogP contribution is 2.27. The number of rotatable bonds is 8. The van der Waals surface area contributed by atoms with E-state index in [-0.39, 0.29) is 23.2 Å². The zero-order valence-corrected chi connectivity index (χ0v) is 14.9. The first-order chi connectivity index (χ1) is 12.0. The van der Waals surface area contributed by atoms with Gasteiger partial charge in [0.05, 0.1) is 10.7 Å². The van der Waals surface area contributed by atoms with Crippen LogP contribution in [0.25, 0.3) is 0 Å². The summed E-state index contributed by atoms with van der Waals surface area (Å²) < 4.78 is 13.8. The monoisotopic (exact) mass is 369 g/mol. The van der Waals surface area contributed by atoms with Crippen LogP contribution in [-0.4, -0.2) is 24.4 Å². The molecule has 1 saturated carbocycles. The first-order valence-corrected chi connectivity index (χ1v) is 9.11. The number of hydrogen-bond donors (Lipinski definition) is 3. The molecule has 1 aliphatic carbocycles. The minimum absolute atomic E-state index is 0.00175. The average Bonchev–Trinajstić information content (AvgIpc) is 2.60. The summed E-state index contributed by atoms with van der Waals surface area (Å²) in [6.07, 6.45) is 7.27. The summed E-state index contributed by atoms with van der Waals surface area (Å²) in [6, 6.07) is 3.62. The largest absolute Gasteiger partial charge is 0.380 e. The number of amides is 2. The SMILES string of the molecule is NC(=O)[C@H](CNc1cccc(Cl)c1F)NC(=O)CCC1CCCCC1. The summed E-state index contributed by atoms with van der Waals surface area (Å²) in [5, 5.41) is 5.38. The van der Waals surface area contributed by atoms with Crippen LogP contribution in [0.5, 0.6) is 0 Å². The van der Waals surface area contributed by atoms with Gasteiger partial charge in [-0.1, -0.05) is 49.8 Å². The van der Waals surface area contributed by atoms with E-state index in [1.807, 2.05) is 0 Å². The Labute approximate surface area is 152 Å². The lowest BCUT2D eigenvalue weighted by Crippen LogP contribution is -2.48. The van der Waals surface area contributed by atoms with Crippen LogP contribution >= 0.6 is 11.6 Å². The Kier molecular flexibility index (Phi) is 7.50. The molecule has 0 aromatic heterocycles. The summed E-state index contributed by atoms with van der Waals surface area (Å²) in [4.78, 5) is 23.7. The van der Waals surface area contributed by atoms with Crippen LogP contribution in [-0.2, 0) is 9.59 Å². The lowest BCUT2D eigenvalue weighted by Gasteiger charge is -2.22. The predicted octanol–water partition coefficient (Wildman–Crippen LogP) is 3.22. The maximum absolute atomic E-state index is 13.8. The van der Waals surface area contributed by atoms with Gasteiger partial charge in [-0.3, -0.25) is 9.59 Å². The highest BCUT2D eigenvalue weighted by Gasteiger charge is 2.20. The fourth-order valence-electron chi connectivity index (χ4n) is 3.15. The van der Waals surface area contributed by atoms with Gasteiger partial charge in [0.1, 0.15) is 6.04 Å². The van der Waals surface area contributed by atoms with Crippen molar-refractivity contribution in [3.8, 4) is 0 Å². The zero-order valence-electron chi connectivity index (χ0n) is 14.2. The number of benzene rings is 1. The second-order valence-corrected chi connectivity index (χ2v) is 6.95. The number of hydrogen-bond acceptors (Lipinski definition) is 3. The summed E-state index contributed by atoms with van der Waals surface area (Å²) in [7, 11) is 0. The number of carbonyl (C=O) groups excluding carboxylic acids is 2. The van der Waals surface area contributed by atoms with Gasteiger partial charge < -0.3 is 16.4 Å². The van der Waals surface area contributed by atoms with Gasteiger partial charge in [0.25, 0.3) is 0 Å². The van der Waals surface area contributed by atoms with Gasteiger partial charge in [-0.2, -0.15) is 0 Å². The van der Waals surface area contributed by atoms with Gasteiger partial charge in [-0.15, -0.1) is 0 Å². The molecule has 0 radical (unpaired) electrons.